The van der Waals surface area contributed by atoms with Crippen LogP contribution in [0.25, 0.3) is 0 Å². The van der Waals surface area contributed by atoms with Gasteiger partial charge in [-0.15, -0.1) is 0 Å². The number of aromatic carboxylic acids is 1. The normalized spacial score (nSPS) is 15.9. The highest BCUT2D eigenvalue weighted by Gasteiger charge is 2.41. The monoisotopic (exact) mass is 442 g/mol. The van der Waals surface area contributed by atoms with Crippen LogP contribution < -0.4 is 10.2 Å². The minimum atomic E-state index is -1.29. The van der Waals surface area contributed by atoms with Crippen molar-refractivity contribution in [3.63, 3.8) is 0 Å². The summed E-state index contributed by atoms with van der Waals surface area (Å²) < 4.78 is 0. The lowest BCUT2D eigenvalue weighted by Gasteiger charge is -2.14. The fourth-order valence-corrected chi connectivity index (χ4v) is 4.17. The van der Waals surface area contributed by atoms with Crippen molar-refractivity contribution in [2.24, 2.45) is 0 Å². The molecule has 9 heteroatoms. The van der Waals surface area contributed by atoms with Crippen molar-refractivity contribution in [1.29, 1.82) is 0 Å². The van der Waals surface area contributed by atoms with Gasteiger partial charge in [0.15, 0.2) is 0 Å². The molecule has 1 aliphatic rings. The standard InChI is InChI=1S/C22H22N2O6S/c1-2-3-4-13-5-8-15(9-6-13)24-20(27)18(31-22(24)30)12-19(26)23-14-7-10-16(21(28)29)17(25)11-14/h5-11,18,25H,2-4,12H2,1H3,(H,23,26)(H,28,29). The van der Waals surface area contributed by atoms with Crippen LogP contribution in [0.3, 0.4) is 0 Å². The summed E-state index contributed by atoms with van der Waals surface area (Å²) in [7, 11) is 0. The molecule has 8 nitrogen and oxygen atoms in total. The van der Waals surface area contributed by atoms with E-state index in [1.54, 1.807) is 12.1 Å². The summed E-state index contributed by atoms with van der Waals surface area (Å²) in [6.45, 7) is 2.11. The number of nitrogens with zero attached hydrogens (tertiary/aromatic N) is 1. The second kappa shape index (κ2) is 9.65. The third-order valence-electron chi connectivity index (χ3n) is 4.82. The molecule has 1 atom stereocenters. The van der Waals surface area contributed by atoms with Gasteiger partial charge in [0.05, 0.1) is 5.69 Å². The average molecular weight is 442 g/mol. The predicted molar refractivity (Wildman–Crippen MR) is 118 cm³/mol. The summed E-state index contributed by atoms with van der Waals surface area (Å²) in [6.07, 6.45) is 2.83. The highest BCUT2D eigenvalue weighted by Crippen LogP contribution is 2.34. The van der Waals surface area contributed by atoms with Gasteiger partial charge in [-0.25, -0.2) is 9.69 Å². The average Bonchev–Trinajstić information content (AvgIpc) is 2.99. The van der Waals surface area contributed by atoms with Gasteiger partial charge in [0.1, 0.15) is 16.6 Å². The molecular formula is C22H22N2O6S. The van der Waals surface area contributed by atoms with Crippen LogP contribution >= 0.6 is 11.8 Å². The molecule has 31 heavy (non-hydrogen) atoms. The van der Waals surface area contributed by atoms with Gasteiger partial charge in [-0.05, 0) is 54.4 Å². The number of nitrogens with one attached hydrogen (secondary N) is 1. The molecular weight excluding hydrogens is 420 g/mol. The van der Waals surface area contributed by atoms with Crippen molar-refractivity contribution in [3.8, 4) is 5.75 Å². The molecule has 1 saturated heterocycles. The summed E-state index contributed by atoms with van der Waals surface area (Å²) >= 11 is 0.793. The van der Waals surface area contributed by atoms with E-state index < -0.39 is 34.0 Å². The van der Waals surface area contributed by atoms with Crippen LogP contribution in [-0.2, 0) is 16.0 Å². The number of benzene rings is 2. The number of carboxylic acid groups (broad SMARTS) is 1. The molecule has 0 aliphatic carbocycles. The molecule has 1 aliphatic heterocycles. The van der Waals surface area contributed by atoms with Crippen molar-refractivity contribution in [3.05, 3.63) is 53.6 Å². The number of carbonyl (C=O) groups excluding carboxylic acids is 3. The van der Waals surface area contributed by atoms with E-state index in [1.807, 2.05) is 12.1 Å². The first-order valence-corrected chi connectivity index (χ1v) is 10.7. The highest BCUT2D eigenvalue weighted by atomic mass is 32.2. The summed E-state index contributed by atoms with van der Waals surface area (Å²) in [4.78, 5) is 49.5. The van der Waals surface area contributed by atoms with E-state index in [0.717, 1.165) is 53.6 Å². The zero-order valence-corrected chi connectivity index (χ0v) is 17.6. The zero-order valence-electron chi connectivity index (χ0n) is 16.8. The molecule has 1 unspecified atom stereocenters. The van der Waals surface area contributed by atoms with E-state index in [4.69, 9.17) is 5.11 Å². The molecule has 3 N–H and O–H groups in total. The molecule has 3 rings (SSSR count). The molecule has 0 bridgehead atoms. The Kier molecular flexibility index (Phi) is 6.96. The number of carbonyl (C=O) groups is 4. The molecule has 2 aromatic carbocycles. The summed E-state index contributed by atoms with van der Waals surface area (Å²) in [5.74, 6) is -2.77. The first-order chi connectivity index (χ1) is 14.8. The van der Waals surface area contributed by atoms with Crippen molar-refractivity contribution in [2.45, 2.75) is 37.9 Å². The van der Waals surface area contributed by atoms with Gasteiger partial charge in [-0.1, -0.05) is 25.5 Å². The summed E-state index contributed by atoms with van der Waals surface area (Å²) in [6, 6.07) is 10.9. The lowest BCUT2D eigenvalue weighted by Crippen LogP contribution is -2.32. The van der Waals surface area contributed by atoms with Crippen molar-refractivity contribution < 1.29 is 29.4 Å². The van der Waals surface area contributed by atoms with Gasteiger partial charge in [-0.3, -0.25) is 14.4 Å². The molecule has 0 spiro atoms. The summed E-state index contributed by atoms with van der Waals surface area (Å²) in [5, 5.41) is 19.9. The Morgan fingerprint density at radius 1 is 1.13 bits per heavy atom. The lowest BCUT2D eigenvalue weighted by atomic mass is 10.1. The lowest BCUT2D eigenvalue weighted by molar-refractivity contribution is -0.121. The van der Waals surface area contributed by atoms with E-state index in [0.29, 0.717) is 5.69 Å². The van der Waals surface area contributed by atoms with E-state index in [9.17, 15) is 24.3 Å². The smallest absolute Gasteiger partial charge is 0.339 e. The van der Waals surface area contributed by atoms with Crippen LogP contribution in [-0.4, -0.2) is 38.5 Å². The maximum absolute atomic E-state index is 12.7. The Bertz CT molecular complexity index is 1020. The van der Waals surface area contributed by atoms with Gasteiger partial charge in [0, 0.05) is 18.2 Å². The number of phenols is 1. The molecule has 1 heterocycles. The van der Waals surface area contributed by atoms with E-state index in [2.05, 4.69) is 12.2 Å². The highest BCUT2D eigenvalue weighted by molar-refractivity contribution is 8.15. The van der Waals surface area contributed by atoms with Crippen LogP contribution in [0, 0.1) is 0 Å². The van der Waals surface area contributed by atoms with Gasteiger partial charge in [0.25, 0.3) is 5.24 Å². The maximum atomic E-state index is 12.7. The second-order valence-electron chi connectivity index (χ2n) is 7.11. The van der Waals surface area contributed by atoms with Crippen LogP contribution in [0.5, 0.6) is 5.75 Å². The third kappa shape index (κ3) is 5.24. The fraction of sp³-hybridized carbons (Fsp3) is 0.273. The van der Waals surface area contributed by atoms with Crippen LogP contribution in [0.2, 0.25) is 0 Å². The van der Waals surface area contributed by atoms with Gasteiger partial charge in [-0.2, -0.15) is 0 Å². The number of hydrogen-bond acceptors (Lipinski definition) is 6. The van der Waals surface area contributed by atoms with Crippen molar-refractivity contribution in [1.82, 2.24) is 0 Å². The van der Waals surface area contributed by atoms with E-state index in [-0.39, 0.29) is 17.7 Å². The van der Waals surface area contributed by atoms with Crippen LogP contribution in [0.15, 0.2) is 42.5 Å². The number of anilines is 2. The number of amides is 3. The number of rotatable bonds is 8. The number of unbranched alkanes of at least 4 members (excludes halogenated alkanes) is 1. The minimum absolute atomic E-state index is 0.189. The molecule has 2 aromatic rings. The topological polar surface area (TPSA) is 124 Å². The largest absolute Gasteiger partial charge is 0.507 e. The maximum Gasteiger partial charge on any atom is 0.339 e. The number of aromatic hydroxyl groups is 1. The van der Waals surface area contributed by atoms with Gasteiger partial charge < -0.3 is 15.5 Å². The first kappa shape index (κ1) is 22.4. The summed E-state index contributed by atoms with van der Waals surface area (Å²) in [5.41, 5.74) is 1.50. The van der Waals surface area contributed by atoms with Crippen molar-refractivity contribution >= 4 is 46.2 Å². The van der Waals surface area contributed by atoms with E-state index in [1.165, 1.54) is 6.07 Å². The molecule has 1 fully saturated rings. The second-order valence-corrected chi connectivity index (χ2v) is 8.26. The number of carboxylic acids is 1. The molecule has 0 saturated carbocycles. The number of hydrogen-bond donors (Lipinski definition) is 3. The Balaban J connectivity index is 1.63. The number of aryl methyl sites for hydroxylation is 1. The molecule has 162 valence electrons. The molecule has 3 amide bonds. The Morgan fingerprint density at radius 3 is 2.45 bits per heavy atom. The fourth-order valence-electron chi connectivity index (χ4n) is 3.18. The Morgan fingerprint density at radius 2 is 1.84 bits per heavy atom. The van der Waals surface area contributed by atoms with E-state index >= 15 is 0 Å². The molecule has 0 radical (unpaired) electrons. The minimum Gasteiger partial charge on any atom is -0.507 e. The molecule has 0 aromatic heterocycles. The van der Waals surface area contributed by atoms with Crippen LogP contribution in [0.1, 0.15) is 42.1 Å². The quantitative estimate of drug-likeness (QED) is 0.564. The predicted octanol–water partition coefficient (Wildman–Crippen LogP) is 4.03. The zero-order chi connectivity index (χ0) is 22.5. The SMILES string of the molecule is CCCCc1ccc(N2C(=O)SC(CC(=O)Nc3ccc(C(=O)O)c(O)c3)C2=O)cc1. The Hall–Kier alpha value is -3.33. The van der Waals surface area contributed by atoms with Crippen LogP contribution in [0.4, 0.5) is 16.2 Å². The van der Waals surface area contributed by atoms with Crippen molar-refractivity contribution in [2.75, 3.05) is 10.2 Å². The first-order valence-electron chi connectivity index (χ1n) is 9.79. The third-order valence-corrected chi connectivity index (χ3v) is 5.85. The van der Waals surface area contributed by atoms with Gasteiger partial charge in [0.2, 0.25) is 11.8 Å². The Labute approximate surface area is 183 Å². The number of thioether (sulfide) groups is 1. The number of imide groups is 1. The van der Waals surface area contributed by atoms with Gasteiger partial charge >= 0.3 is 5.97 Å².